The van der Waals surface area contributed by atoms with Gasteiger partial charge < -0.3 is 5.21 Å². The zero-order chi connectivity index (χ0) is 8.39. The van der Waals surface area contributed by atoms with Crippen molar-refractivity contribution in [3.8, 4) is 0 Å². The number of rotatable bonds is 4. The summed E-state index contributed by atoms with van der Waals surface area (Å²) in [5.74, 6) is 0.822. The predicted octanol–water partition coefficient (Wildman–Crippen LogP) is 0.772. The lowest BCUT2D eigenvalue weighted by Gasteiger charge is -2.04. The SMILES string of the molecule is ONCc1ccnn1CC1CC1. The monoisotopic (exact) mass is 167 g/mol. The van der Waals surface area contributed by atoms with Crippen LogP contribution in [0.3, 0.4) is 0 Å². The van der Waals surface area contributed by atoms with E-state index in [4.69, 9.17) is 5.21 Å². The molecule has 1 fully saturated rings. The first-order valence-electron chi connectivity index (χ1n) is 4.28. The van der Waals surface area contributed by atoms with E-state index in [0.29, 0.717) is 6.54 Å². The van der Waals surface area contributed by atoms with Crippen LogP contribution < -0.4 is 5.48 Å². The van der Waals surface area contributed by atoms with Gasteiger partial charge in [0, 0.05) is 12.7 Å². The first-order valence-corrected chi connectivity index (χ1v) is 4.28. The quantitative estimate of drug-likeness (QED) is 0.651. The highest BCUT2D eigenvalue weighted by atomic mass is 16.5. The molecular weight excluding hydrogens is 154 g/mol. The molecule has 1 aliphatic rings. The standard InChI is InChI=1S/C8H13N3O/c12-10-5-8-3-4-9-11(8)6-7-1-2-7/h3-4,7,10,12H,1-2,5-6H2. The van der Waals surface area contributed by atoms with Gasteiger partial charge in [0.05, 0.1) is 12.2 Å². The molecule has 0 aromatic carbocycles. The summed E-state index contributed by atoms with van der Waals surface area (Å²) < 4.78 is 1.96. The Morgan fingerprint density at radius 2 is 2.50 bits per heavy atom. The number of hydrogen-bond donors (Lipinski definition) is 2. The van der Waals surface area contributed by atoms with Crippen molar-refractivity contribution in [1.29, 1.82) is 0 Å². The van der Waals surface area contributed by atoms with Gasteiger partial charge in [0.1, 0.15) is 0 Å². The van der Waals surface area contributed by atoms with Gasteiger partial charge in [0.15, 0.2) is 0 Å². The lowest BCUT2D eigenvalue weighted by Crippen LogP contribution is -2.13. The van der Waals surface area contributed by atoms with E-state index >= 15 is 0 Å². The number of hydrogen-bond acceptors (Lipinski definition) is 3. The van der Waals surface area contributed by atoms with Crippen LogP contribution >= 0.6 is 0 Å². The van der Waals surface area contributed by atoms with Gasteiger partial charge >= 0.3 is 0 Å². The third-order valence-electron chi connectivity index (χ3n) is 2.19. The maximum Gasteiger partial charge on any atom is 0.0628 e. The van der Waals surface area contributed by atoms with Gasteiger partial charge in [-0.2, -0.15) is 10.6 Å². The van der Waals surface area contributed by atoms with Crippen LogP contribution in [0.2, 0.25) is 0 Å². The van der Waals surface area contributed by atoms with Crippen LogP contribution in [-0.4, -0.2) is 15.0 Å². The largest absolute Gasteiger partial charge is 0.316 e. The molecular formula is C8H13N3O. The smallest absolute Gasteiger partial charge is 0.0628 e. The third kappa shape index (κ3) is 1.65. The van der Waals surface area contributed by atoms with E-state index in [-0.39, 0.29) is 0 Å². The summed E-state index contributed by atoms with van der Waals surface area (Å²) in [6.45, 7) is 1.48. The molecule has 0 atom stereocenters. The van der Waals surface area contributed by atoms with Crippen LogP contribution in [0.25, 0.3) is 0 Å². The summed E-state index contributed by atoms with van der Waals surface area (Å²) in [7, 11) is 0. The van der Waals surface area contributed by atoms with E-state index in [1.54, 1.807) is 6.20 Å². The Labute approximate surface area is 71.2 Å². The normalized spacial score (nSPS) is 16.8. The highest BCUT2D eigenvalue weighted by Crippen LogP contribution is 2.30. The first-order chi connectivity index (χ1) is 5.90. The van der Waals surface area contributed by atoms with Crippen LogP contribution in [0.15, 0.2) is 12.3 Å². The molecule has 0 unspecified atom stereocenters. The molecule has 0 aliphatic heterocycles. The first kappa shape index (κ1) is 7.76. The summed E-state index contributed by atoms with van der Waals surface area (Å²) in [6.07, 6.45) is 4.42. The molecule has 1 aromatic heterocycles. The Morgan fingerprint density at radius 3 is 3.17 bits per heavy atom. The summed E-state index contributed by atoms with van der Waals surface area (Å²) in [6, 6.07) is 1.92. The second kappa shape index (κ2) is 3.25. The van der Waals surface area contributed by atoms with Crippen LogP contribution in [0.5, 0.6) is 0 Å². The highest BCUT2D eigenvalue weighted by molar-refractivity contribution is 5.00. The zero-order valence-electron chi connectivity index (χ0n) is 6.90. The van der Waals surface area contributed by atoms with E-state index in [2.05, 4.69) is 10.6 Å². The number of hydroxylamine groups is 1. The van der Waals surface area contributed by atoms with Crippen LogP contribution in [0.1, 0.15) is 18.5 Å². The van der Waals surface area contributed by atoms with Crippen molar-refractivity contribution in [2.45, 2.75) is 25.9 Å². The molecule has 0 radical (unpaired) electrons. The second-order valence-electron chi connectivity index (χ2n) is 3.28. The molecule has 12 heavy (non-hydrogen) atoms. The molecule has 2 N–H and O–H groups in total. The average molecular weight is 167 g/mol. The molecule has 4 nitrogen and oxygen atoms in total. The average Bonchev–Trinajstić information content (AvgIpc) is 2.76. The molecule has 1 aliphatic carbocycles. The summed E-state index contributed by atoms with van der Waals surface area (Å²) in [4.78, 5) is 0. The molecule has 1 aromatic rings. The fraction of sp³-hybridized carbons (Fsp3) is 0.625. The number of nitrogens with one attached hydrogen (secondary N) is 1. The van der Waals surface area contributed by atoms with Gasteiger partial charge in [-0.3, -0.25) is 4.68 Å². The molecule has 1 heterocycles. The van der Waals surface area contributed by atoms with Crippen molar-refractivity contribution in [2.75, 3.05) is 0 Å². The molecule has 0 saturated heterocycles. The predicted molar refractivity (Wildman–Crippen MR) is 43.6 cm³/mol. The lowest BCUT2D eigenvalue weighted by molar-refractivity contribution is 0.158. The summed E-state index contributed by atoms with van der Waals surface area (Å²) in [5.41, 5.74) is 3.19. The summed E-state index contributed by atoms with van der Waals surface area (Å²) >= 11 is 0. The van der Waals surface area contributed by atoms with Crippen molar-refractivity contribution in [2.24, 2.45) is 5.92 Å². The van der Waals surface area contributed by atoms with Gasteiger partial charge in [0.25, 0.3) is 0 Å². The maximum atomic E-state index is 8.52. The molecule has 0 spiro atoms. The Kier molecular flexibility index (Phi) is 2.10. The Balaban J connectivity index is 2.01. The number of nitrogens with zero attached hydrogens (tertiary/aromatic N) is 2. The van der Waals surface area contributed by atoms with Gasteiger partial charge in [-0.15, -0.1) is 0 Å². The van der Waals surface area contributed by atoms with Crippen molar-refractivity contribution in [3.05, 3.63) is 18.0 Å². The Hall–Kier alpha value is -0.870. The topological polar surface area (TPSA) is 50.1 Å². The maximum absolute atomic E-state index is 8.52. The Bertz CT molecular complexity index is 255. The Morgan fingerprint density at radius 1 is 1.67 bits per heavy atom. The van der Waals surface area contributed by atoms with E-state index in [9.17, 15) is 0 Å². The van der Waals surface area contributed by atoms with E-state index < -0.39 is 0 Å². The van der Waals surface area contributed by atoms with Crippen LogP contribution in [-0.2, 0) is 13.1 Å². The molecule has 2 rings (SSSR count). The molecule has 4 heteroatoms. The van der Waals surface area contributed by atoms with Gasteiger partial charge in [-0.1, -0.05) is 0 Å². The molecule has 1 saturated carbocycles. The van der Waals surface area contributed by atoms with E-state index in [1.807, 2.05) is 10.7 Å². The van der Waals surface area contributed by atoms with Crippen LogP contribution in [0, 0.1) is 5.92 Å². The summed E-state index contributed by atoms with van der Waals surface area (Å²) in [5, 5.41) is 12.7. The zero-order valence-corrected chi connectivity index (χ0v) is 6.90. The van der Waals surface area contributed by atoms with Crippen molar-refractivity contribution in [1.82, 2.24) is 15.3 Å². The minimum atomic E-state index is 0.479. The fourth-order valence-corrected chi connectivity index (χ4v) is 1.30. The lowest BCUT2D eigenvalue weighted by atomic mass is 10.4. The van der Waals surface area contributed by atoms with Gasteiger partial charge in [-0.25, -0.2) is 0 Å². The van der Waals surface area contributed by atoms with E-state index in [0.717, 1.165) is 18.2 Å². The van der Waals surface area contributed by atoms with Gasteiger partial charge in [0.2, 0.25) is 0 Å². The van der Waals surface area contributed by atoms with Crippen LogP contribution in [0.4, 0.5) is 0 Å². The highest BCUT2D eigenvalue weighted by Gasteiger charge is 2.22. The van der Waals surface area contributed by atoms with E-state index in [1.165, 1.54) is 12.8 Å². The third-order valence-corrected chi connectivity index (χ3v) is 2.19. The number of aromatic nitrogens is 2. The van der Waals surface area contributed by atoms with Crippen molar-refractivity contribution < 1.29 is 5.21 Å². The molecule has 0 bridgehead atoms. The minimum Gasteiger partial charge on any atom is -0.316 e. The van der Waals surface area contributed by atoms with Crippen molar-refractivity contribution >= 4 is 0 Å². The molecule has 66 valence electrons. The minimum absolute atomic E-state index is 0.479. The second-order valence-corrected chi connectivity index (χ2v) is 3.28. The molecule has 0 amide bonds. The van der Waals surface area contributed by atoms with Gasteiger partial charge in [-0.05, 0) is 24.8 Å². The fourth-order valence-electron chi connectivity index (χ4n) is 1.30. The van der Waals surface area contributed by atoms with Crippen molar-refractivity contribution in [3.63, 3.8) is 0 Å².